The summed E-state index contributed by atoms with van der Waals surface area (Å²) >= 11 is 2.17. The first kappa shape index (κ1) is 27.8. The van der Waals surface area contributed by atoms with Gasteiger partial charge in [0.1, 0.15) is 17.4 Å². The molecule has 0 radical (unpaired) electrons. The van der Waals surface area contributed by atoms with Gasteiger partial charge in [-0.3, -0.25) is 0 Å². The highest BCUT2D eigenvalue weighted by Gasteiger charge is 2.34. The minimum atomic E-state index is -4.57. The van der Waals surface area contributed by atoms with Crippen LogP contribution in [0, 0.1) is 0 Å². The van der Waals surface area contributed by atoms with Crippen LogP contribution in [0.4, 0.5) is 13.2 Å². The van der Waals surface area contributed by atoms with Gasteiger partial charge in [-0.05, 0) is 49.1 Å². The molecule has 10 heteroatoms. The van der Waals surface area contributed by atoms with Crippen LogP contribution in [0.3, 0.4) is 0 Å². The Bertz CT molecular complexity index is 1220. The van der Waals surface area contributed by atoms with Gasteiger partial charge in [0.15, 0.2) is 0 Å². The van der Waals surface area contributed by atoms with Gasteiger partial charge >= 0.3 is 6.18 Å². The predicted octanol–water partition coefficient (Wildman–Crippen LogP) is 6.24. The third kappa shape index (κ3) is 8.12. The fourth-order valence-corrected chi connectivity index (χ4v) is 4.43. The van der Waals surface area contributed by atoms with E-state index < -0.39 is 17.3 Å². The molecule has 0 saturated carbocycles. The highest BCUT2D eigenvalue weighted by molar-refractivity contribution is 8.13. The van der Waals surface area contributed by atoms with Crippen LogP contribution in [-0.2, 0) is 12.8 Å². The zero-order valence-electron chi connectivity index (χ0n) is 19.7. The molecule has 0 spiro atoms. The van der Waals surface area contributed by atoms with Crippen LogP contribution in [-0.4, -0.2) is 34.8 Å². The molecule has 0 amide bonds. The molecule has 0 bridgehead atoms. The van der Waals surface area contributed by atoms with Gasteiger partial charge in [0, 0.05) is 21.6 Å². The maximum Gasteiger partial charge on any atom is 0.417 e. The molecule has 3 rings (SSSR count). The number of hydrogen-bond acceptors (Lipinski definition) is 7. The number of alkyl halides is 3. The van der Waals surface area contributed by atoms with Crippen molar-refractivity contribution in [2.24, 2.45) is 15.9 Å². The van der Waals surface area contributed by atoms with Crippen LogP contribution in [0.2, 0.25) is 0 Å². The van der Waals surface area contributed by atoms with E-state index in [1.807, 2.05) is 30.3 Å². The van der Waals surface area contributed by atoms with Gasteiger partial charge in [-0.1, -0.05) is 54.2 Å². The summed E-state index contributed by atoms with van der Waals surface area (Å²) < 4.78 is 47.8. The van der Waals surface area contributed by atoms with Gasteiger partial charge in [0.25, 0.3) is 0 Å². The summed E-state index contributed by atoms with van der Waals surface area (Å²) in [6.07, 6.45) is -1.62. The van der Waals surface area contributed by atoms with E-state index in [0.717, 1.165) is 35.2 Å². The number of aliphatic hydroxyl groups is 1. The van der Waals surface area contributed by atoms with Crippen molar-refractivity contribution in [3.63, 3.8) is 0 Å². The molecule has 0 aliphatic heterocycles. The molecule has 3 aromatic carbocycles. The van der Waals surface area contributed by atoms with Gasteiger partial charge < -0.3 is 15.6 Å². The minimum absolute atomic E-state index is 0.0604. The van der Waals surface area contributed by atoms with E-state index in [-0.39, 0.29) is 17.1 Å². The Hall–Kier alpha value is -2.79. The lowest BCUT2D eigenvalue weighted by atomic mass is 10.1. The van der Waals surface area contributed by atoms with Crippen molar-refractivity contribution in [2.75, 3.05) is 12.9 Å². The molecule has 5 nitrogen and oxygen atoms in total. The quantitative estimate of drug-likeness (QED) is 0.193. The number of aliphatic hydroxyl groups excluding tert-OH is 1. The lowest BCUT2D eigenvalue weighted by molar-refractivity contribution is -0.139. The number of thioether (sulfide) groups is 1. The van der Waals surface area contributed by atoms with E-state index in [1.54, 1.807) is 43.5 Å². The molecule has 3 aromatic rings. The largest absolute Gasteiger partial charge is 0.489 e. The lowest BCUT2D eigenvalue weighted by Crippen LogP contribution is -2.41. The fraction of sp³-hybridized carbons (Fsp3) is 0.231. The van der Waals surface area contributed by atoms with Crippen molar-refractivity contribution in [3.05, 3.63) is 89.5 Å². The molecule has 0 saturated heterocycles. The van der Waals surface area contributed by atoms with Crippen molar-refractivity contribution in [1.82, 2.24) is 0 Å². The van der Waals surface area contributed by atoms with Gasteiger partial charge in [0.2, 0.25) is 0 Å². The molecule has 0 unspecified atom stereocenters. The summed E-state index contributed by atoms with van der Waals surface area (Å²) in [5, 5.41) is 17.4. The number of hydrogen-bond donors (Lipinski definition) is 2. The summed E-state index contributed by atoms with van der Waals surface area (Å²) in [6, 6.07) is 20.7. The van der Waals surface area contributed by atoms with Crippen LogP contribution in [0.25, 0.3) is 0 Å². The molecule has 36 heavy (non-hydrogen) atoms. The van der Waals surface area contributed by atoms with Crippen molar-refractivity contribution < 1.29 is 23.0 Å². The average molecular weight is 534 g/mol. The Balaban J connectivity index is 1.84. The monoisotopic (exact) mass is 533 g/mol. The second kappa shape index (κ2) is 12.4. The van der Waals surface area contributed by atoms with Crippen LogP contribution < -0.4 is 10.5 Å². The number of benzene rings is 3. The zero-order chi connectivity index (χ0) is 26.2. The second-order valence-electron chi connectivity index (χ2n) is 8.08. The number of ether oxygens (including phenoxy) is 1. The smallest absolute Gasteiger partial charge is 0.417 e. The minimum Gasteiger partial charge on any atom is -0.489 e. The first-order valence-electron chi connectivity index (χ1n) is 10.8. The zero-order valence-corrected chi connectivity index (χ0v) is 21.3. The van der Waals surface area contributed by atoms with Crippen molar-refractivity contribution in [2.45, 2.75) is 35.0 Å². The predicted molar refractivity (Wildman–Crippen MR) is 141 cm³/mol. The summed E-state index contributed by atoms with van der Waals surface area (Å²) in [7, 11) is 0. The Morgan fingerprint density at radius 2 is 1.81 bits per heavy atom. The molecule has 0 aromatic heterocycles. The highest BCUT2D eigenvalue weighted by atomic mass is 32.2. The Morgan fingerprint density at radius 3 is 2.47 bits per heavy atom. The van der Waals surface area contributed by atoms with Crippen LogP contribution in [0.5, 0.6) is 5.75 Å². The van der Waals surface area contributed by atoms with Crippen LogP contribution >= 0.6 is 23.5 Å². The Morgan fingerprint density at radius 1 is 1.06 bits per heavy atom. The topological polar surface area (TPSA) is 80.2 Å². The van der Waals surface area contributed by atoms with Crippen molar-refractivity contribution >= 4 is 34.8 Å². The van der Waals surface area contributed by atoms with Crippen LogP contribution in [0.1, 0.15) is 23.6 Å². The standard InChI is InChI=1S/C26H26F3N3O2S2/c1-25(30,17-33)16-31-32-24(35-2)19-11-12-23(22(13-19)26(27,28)29)36-21-10-6-9-20(14-21)34-15-18-7-4-3-5-8-18/h3-14,16,33H,15,17,30H2,1-2H3/b31-16+,32-24-/t25-/m1/s1. The number of nitrogens with two attached hydrogens (primary N) is 1. The summed E-state index contributed by atoms with van der Waals surface area (Å²) in [6.45, 7) is 1.57. The summed E-state index contributed by atoms with van der Waals surface area (Å²) in [4.78, 5) is 0.679. The lowest BCUT2D eigenvalue weighted by Gasteiger charge is -2.15. The van der Waals surface area contributed by atoms with Crippen molar-refractivity contribution in [3.8, 4) is 5.75 Å². The fourth-order valence-electron chi connectivity index (χ4n) is 2.94. The molecule has 0 fully saturated rings. The van der Waals surface area contributed by atoms with Gasteiger partial charge in [-0.25, -0.2) is 0 Å². The van der Waals surface area contributed by atoms with E-state index in [1.165, 1.54) is 12.3 Å². The third-order valence-corrected chi connectivity index (χ3v) is 6.62. The third-order valence-electron chi connectivity index (χ3n) is 4.85. The number of rotatable bonds is 9. The van der Waals surface area contributed by atoms with Gasteiger partial charge in [-0.2, -0.15) is 18.3 Å². The van der Waals surface area contributed by atoms with E-state index >= 15 is 0 Å². The Kier molecular flexibility index (Phi) is 9.61. The number of halogens is 3. The summed E-state index contributed by atoms with van der Waals surface area (Å²) in [5.41, 5.74) is 5.20. The highest BCUT2D eigenvalue weighted by Crippen LogP contribution is 2.41. The van der Waals surface area contributed by atoms with E-state index in [4.69, 9.17) is 10.5 Å². The van der Waals surface area contributed by atoms with E-state index in [9.17, 15) is 18.3 Å². The second-order valence-corrected chi connectivity index (χ2v) is 9.99. The first-order chi connectivity index (χ1) is 17.1. The first-order valence-corrected chi connectivity index (χ1v) is 12.9. The molecule has 3 N–H and O–H groups in total. The maximum absolute atomic E-state index is 14.0. The average Bonchev–Trinajstić information content (AvgIpc) is 2.86. The van der Waals surface area contributed by atoms with Gasteiger partial charge in [-0.15, -0.1) is 16.9 Å². The number of nitrogens with zero attached hydrogens (tertiary/aromatic N) is 2. The molecular weight excluding hydrogens is 507 g/mol. The molecule has 0 aliphatic rings. The maximum atomic E-state index is 14.0. The molecule has 0 heterocycles. The van der Waals surface area contributed by atoms with E-state index in [0.29, 0.717) is 22.3 Å². The molecule has 1 atom stereocenters. The van der Waals surface area contributed by atoms with Gasteiger partial charge in [0.05, 0.1) is 17.7 Å². The van der Waals surface area contributed by atoms with E-state index in [2.05, 4.69) is 10.2 Å². The SMILES string of the molecule is CS/C(=N\N=C\[C@@](C)(N)CO)c1ccc(Sc2cccc(OCc3ccccc3)c2)c(C(F)(F)F)c1. The van der Waals surface area contributed by atoms with Crippen molar-refractivity contribution in [1.29, 1.82) is 0 Å². The molecule has 0 aliphatic carbocycles. The molecule has 190 valence electrons. The molecular formula is C26H26F3N3O2S2. The van der Waals surface area contributed by atoms with Crippen LogP contribution in [0.15, 0.2) is 92.8 Å². The Labute approximate surface area is 216 Å². The normalized spacial score (nSPS) is 14.1. The summed E-state index contributed by atoms with van der Waals surface area (Å²) in [5.74, 6) is 0.568.